The van der Waals surface area contributed by atoms with Crippen molar-refractivity contribution >= 4 is 23.0 Å². The maximum Gasteiger partial charge on any atom is 0.328 e. The van der Waals surface area contributed by atoms with Crippen molar-refractivity contribution in [2.45, 2.75) is 0 Å². The second kappa shape index (κ2) is 6.04. The third-order valence-corrected chi connectivity index (χ3v) is 1.79. The molecule has 0 spiro atoms. The molecule has 0 saturated heterocycles. The number of aliphatic carboxylic acids is 2. The van der Waals surface area contributed by atoms with Gasteiger partial charge in [0, 0.05) is 12.2 Å². The van der Waals surface area contributed by atoms with Gasteiger partial charge in [0.25, 0.3) is 0 Å². The van der Waals surface area contributed by atoms with E-state index >= 15 is 0 Å². The molecule has 0 atom stereocenters. The summed E-state index contributed by atoms with van der Waals surface area (Å²) in [5, 5.41) is 15.6. The van der Waals surface area contributed by atoms with Gasteiger partial charge in [0.15, 0.2) is 0 Å². The molecule has 2 aromatic rings. The lowest BCUT2D eigenvalue weighted by Crippen LogP contribution is -1.99. The summed E-state index contributed by atoms with van der Waals surface area (Å²) in [6, 6.07) is 7.47. The molecule has 2 rings (SSSR count). The zero-order valence-electron chi connectivity index (χ0n) is 9.08. The number of carboxylic acid groups (broad SMARTS) is 2. The number of hydrogen-bond acceptors (Lipinski definition) is 3. The van der Waals surface area contributed by atoms with E-state index in [1.54, 1.807) is 0 Å². The fourth-order valence-electron chi connectivity index (χ4n) is 1.12. The number of aromatic amines is 2. The van der Waals surface area contributed by atoms with E-state index in [4.69, 9.17) is 10.2 Å². The average molecular weight is 250 g/mol. The smallest absolute Gasteiger partial charge is 0.328 e. The fourth-order valence-corrected chi connectivity index (χ4v) is 1.12. The number of nitrogens with one attached hydrogen (secondary N) is 2. The van der Waals surface area contributed by atoms with Crippen molar-refractivity contribution in [3.8, 4) is 0 Å². The second-order valence-electron chi connectivity index (χ2n) is 3.13. The number of H-pyrrole nitrogens is 2. The molecular weight excluding hydrogens is 240 g/mol. The van der Waals surface area contributed by atoms with Crippen molar-refractivity contribution in [3.63, 3.8) is 0 Å². The Morgan fingerprint density at radius 3 is 1.67 bits per heavy atom. The third kappa shape index (κ3) is 4.35. The second-order valence-corrected chi connectivity index (χ2v) is 3.13. The van der Waals surface area contributed by atoms with E-state index in [9.17, 15) is 14.4 Å². The number of hydrogen-bond donors (Lipinski definition) is 4. The number of carboxylic acids is 2. The Hall–Kier alpha value is -2.83. The van der Waals surface area contributed by atoms with Gasteiger partial charge < -0.3 is 20.2 Å². The van der Waals surface area contributed by atoms with Gasteiger partial charge in [-0.2, -0.15) is 0 Å². The van der Waals surface area contributed by atoms with E-state index in [1.807, 2.05) is 24.3 Å². The lowest BCUT2D eigenvalue weighted by Gasteiger charge is -1.81. The molecular formula is C11H10N2O5. The number of rotatable bonds is 2. The van der Waals surface area contributed by atoms with Crippen LogP contribution in [0.4, 0.5) is 0 Å². The molecule has 0 bridgehead atoms. The van der Waals surface area contributed by atoms with Gasteiger partial charge >= 0.3 is 17.6 Å². The van der Waals surface area contributed by atoms with Gasteiger partial charge in [0.05, 0.1) is 11.0 Å². The number of fused-ring (bicyclic) bond motifs is 1. The summed E-state index contributed by atoms with van der Waals surface area (Å²) in [6.07, 6.45) is 1.12. The van der Waals surface area contributed by atoms with Crippen molar-refractivity contribution in [3.05, 3.63) is 46.9 Å². The molecule has 18 heavy (non-hydrogen) atoms. The van der Waals surface area contributed by atoms with E-state index in [0.29, 0.717) is 12.2 Å². The first-order chi connectivity index (χ1) is 8.49. The zero-order chi connectivity index (χ0) is 13.5. The maximum atomic E-state index is 10.7. The Balaban J connectivity index is 0.000000187. The fraction of sp³-hybridized carbons (Fsp3) is 0. The Morgan fingerprint density at radius 2 is 1.33 bits per heavy atom. The molecule has 0 aliphatic carbocycles. The summed E-state index contributed by atoms with van der Waals surface area (Å²) in [5.41, 5.74) is 1.56. The lowest BCUT2D eigenvalue weighted by molar-refractivity contribution is -0.134. The molecule has 0 unspecified atom stereocenters. The van der Waals surface area contributed by atoms with Crippen LogP contribution in [0.15, 0.2) is 41.2 Å². The number of para-hydroxylation sites is 2. The van der Waals surface area contributed by atoms with Gasteiger partial charge in [0.1, 0.15) is 0 Å². The summed E-state index contributed by atoms with van der Waals surface area (Å²) in [6.45, 7) is 0. The molecule has 1 aromatic carbocycles. The Morgan fingerprint density at radius 1 is 0.944 bits per heavy atom. The van der Waals surface area contributed by atoms with Gasteiger partial charge in [-0.15, -0.1) is 0 Å². The molecule has 1 heterocycles. The number of aromatic nitrogens is 2. The van der Waals surface area contributed by atoms with Crippen molar-refractivity contribution in [1.82, 2.24) is 9.97 Å². The van der Waals surface area contributed by atoms with Crippen LogP contribution in [0.25, 0.3) is 11.0 Å². The van der Waals surface area contributed by atoms with Crippen molar-refractivity contribution < 1.29 is 19.8 Å². The standard InChI is InChI=1S/C7H6N2O.C4H4O4/c10-7-8-5-3-1-2-4-6(5)9-7;5-3(6)1-2-4(7)8/h1-4H,(H2,8,9,10);1-2H,(H,5,6)(H,7,8)/b;2-1+. The minimum atomic E-state index is -1.26. The molecule has 0 aliphatic rings. The summed E-state index contributed by atoms with van der Waals surface area (Å²) in [7, 11) is 0. The predicted octanol–water partition coefficient (Wildman–Crippen LogP) is 0.568. The summed E-state index contributed by atoms with van der Waals surface area (Å²) in [4.78, 5) is 35.1. The normalized spacial score (nSPS) is 10.0. The van der Waals surface area contributed by atoms with Crippen LogP contribution in [-0.4, -0.2) is 32.1 Å². The van der Waals surface area contributed by atoms with Crippen LogP contribution in [0.3, 0.4) is 0 Å². The largest absolute Gasteiger partial charge is 0.478 e. The van der Waals surface area contributed by atoms with Crippen molar-refractivity contribution in [2.24, 2.45) is 0 Å². The van der Waals surface area contributed by atoms with E-state index in [2.05, 4.69) is 9.97 Å². The van der Waals surface area contributed by atoms with Crippen LogP contribution < -0.4 is 5.69 Å². The molecule has 7 heteroatoms. The van der Waals surface area contributed by atoms with Crippen molar-refractivity contribution in [1.29, 1.82) is 0 Å². The van der Waals surface area contributed by atoms with E-state index in [0.717, 1.165) is 11.0 Å². The number of benzene rings is 1. The molecule has 0 aliphatic heterocycles. The Kier molecular flexibility index (Phi) is 4.44. The number of imidazole rings is 1. The van der Waals surface area contributed by atoms with Gasteiger partial charge in [-0.05, 0) is 12.1 Å². The van der Waals surface area contributed by atoms with Gasteiger partial charge in [-0.3, -0.25) is 0 Å². The predicted molar refractivity (Wildman–Crippen MR) is 63.3 cm³/mol. The van der Waals surface area contributed by atoms with E-state index in [1.165, 1.54) is 0 Å². The number of carbonyl (C=O) groups is 2. The van der Waals surface area contributed by atoms with E-state index in [-0.39, 0.29) is 5.69 Å². The van der Waals surface area contributed by atoms with Gasteiger partial charge in [-0.25, -0.2) is 14.4 Å². The third-order valence-electron chi connectivity index (χ3n) is 1.79. The van der Waals surface area contributed by atoms with Gasteiger partial charge in [0.2, 0.25) is 0 Å². The highest BCUT2D eigenvalue weighted by atomic mass is 16.4. The van der Waals surface area contributed by atoms with Crippen molar-refractivity contribution in [2.75, 3.05) is 0 Å². The average Bonchev–Trinajstić information content (AvgIpc) is 2.67. The summed E-state index contributed by atoms with van der Waals surface area (Å²) >= 11 is 0. The SMILES string of the molecule is O=C(O)/C=C/C(=O)O.O=c1[nH]c2ccccc2[nH]1. The van der Waals surface area contributed by atoms with Crippen LogP contribution >= 0.6 is 0 Å². The molecule has 0 amide bonds. The van der Waals surface area contributed by atoms with Crippen LogP contribution in [-0.2, 0) is 9.59 Å². The topological polar surface area (TPSA) is 123 Å². The minimum Gasteiger partial charge on any atom is -0.478 e. The van der Waals surface area contributed by atoms with Crippen LogP contribution in [0.2, 0.25) is 0 Å². The Bertz CT molecular complexity index is 586. The maximum absolute atomic E-state index is 10.7. The zero-order valence-corrected chi connectivity index (χ0v) is 9.08. The summed E-state index contributed by atoms with van der Waals surface area (Å²) in [5.74, 6) is -2.51. The van der Waals surface area contributed by atoms with Crippen LogP contribution in [0, 0.1) is 0 Å². The highest BCUT2D eigenvalue weighted by Crippen LogP contribution is 2.03. The molecule has 0 radical (unpaired) electrons. The minimum absolute atomic E-state index is 0.152. The monoisotopic (exact) mass is 250 g/mol. The Labute approximate surface area is 100 Å². The quantitative estimate of drug-likeness (QED) is 0.580. The summed E-state index contributed by atoms with van der Waals surface area (Å²) < 4.78 is 0. The van der Waals surface area contributed by atoms with Crippen LogP contribution in [0.5, 0.6) is 0 Å². The molecule has 0 fully saturated rings. The molecule has 7 nitrogen and oxygen atoms in total. The van der Waals surface area contributed by atoms with Crippen LogP contribution in [0.1, 0.15) is 0 Å². The molecule has 1 aromatic heterocycles. The molecule has 0 saturated carbocycles. The highest BCUT2D eigenvalue weighted by Gasteiger charge is 1.92. The first-order valence-electron chi connectivity index (χ1n) is 4.80. The highest BCUT2D eigenvalue weighted by molar-refractivity contribution is 5.89. The molecule has 4 N–H and O–H groups in total. The molecule has 94 valence electrons. The first-order valence-corrected chi connectivity index (χ1v) is 4.80. The van der Waals surface area contributed by atoms with Gasteiger partial charge in [-0.1, -0.05) is 12.1 Å². The lowest BCUT2D eigenvalue weighted by atomic mass is 10.3. The first kappa shape index (κ1) is 13.2. The van der Waals surface area contributed by atoms with E-state index < -0.39 is 11.9 Å².